The molecule has 1 aromatic heterocycles. The predicted molar refractivity (Wildman–Crippen MR) is 81.3 cm³/mol. The lowest BCUT2D eigenvalue weighted by Gasteiger charge is -2.12. The van der Waals surface area contributed by atoms with Gasteiger partial charge < -0.3 is 18.6 Å². The number of alkyl halides is 1. The summed E-state index contributed by atoms with van der Waals surface area (Å²) >= 11 is 3.49. The molecule has 0 spiro atoms. The third-order valence-corrected chi connectivity index (χ3v) is 4.04. The SMILES string of the molecule is CCC(Br)c1nnc(-c2cc(OC)c(OC)cc2OC)o1. The average Bonchev–Trinajstić information content (AvgIpc) is 3.02. The van der Waals surface area contributed by atoms with Crippen LogP contribution in [0.3, 0.4) is 0 Å². The summed E-state index contributed by atoms with van der Waals surface area (Å²) in [5.41, 5.74) is 0.657. The van der Waals surface area contributed by atoms with Crippen LogP contribution in [0.4, 0.5) is 0 Å². The first-order chi connectivity index (χ1) is 10.1. The molecule has 0 bridgehead atoms. The van der Waals surface area contributed by atoms with Crippen molar-refractivity contribution >= 4 is 15.9 Å². The van der Waals surface area contributed by atoms with E-state index in [1.807, 2.05) is 6.92 Å². The molecule has 2 rings (SSSR count). The minimum Gasteiger partial charge on any atom is -0.496 e. The summed E-state index contributed by atoms with van der Waals surface area (Å²) in [5.74, 6) is 2.62. The molecule has 0 fully saturated rings. The number of benzene rings is 1. The maximum absolute atomic E-state index is 5.69. The lowest BCUT2D eigenvalue weighted by Crippen LogP contribution is -1.95. The van der Waals surface area contributed by atoms with Crippen molar-refractivity contribution in [3.05, 3.63) is 18.0 Å². The molecule has 0 saturated heterocycles. The van der Waals surface area contributed by atoms with Crippen LogP contribution in [0.1, 0.15) is 24.1 Å². The molecule has 21 heavy (non-hydrogen) atoms. The van der Waals surface area contributed by atoms with Crippen LogP contribution in [0.25, 0.3) is 11.5 Å². The van der Waals surface area contributed by atoms with Crippen LogP contribution < -0.4 is 14.2 Å². The van der Waals surface area contributed by atoms with E-state index in [-0.39, 0.29) is 4.83 Å². The highest BCUT2D eigenvalue weighted by atomic mass is 79.9. The lowest BCUT2D eigenvalue weighted by molar-refractivity contribution is 0.349. The molecule has 0 aliphatic carbocycles. The third-order valence-electron chi connectivity index (χ3n) is 3.00. The van der Waals surface area contributed by atoms with Crippen LogP contribution in [-0.4, -0.2) is 31.5 Å². The zero-order valence-corrected chi connectivity index (χ0v) is 13.9. The molecule has 0 radical (unpaired) electrons. The lowest BCUT2D eigenvalue weighted by atomic mass is 10.1. The molecule has 0 N–H and O–H groups in total. The Morgan fingerprint density at radius 2 is 1.67 bits per heavy atom. The number of rotatable bonds is 6. The van der Waals surface area contributed by atoms with Crippen molar-refractivity contribution in [1.29, 1.82) is 0 Å². The molecule has 2 aromatic rings. The Hall–Kier alpha value is -1.76. The van der Waals surface area contributed by atoms with E-state index in [1.165, 1.54) is 0 Å². The van der Waals surface area contributed by atoms with Crippen molar-refractivity contribution in [3.63, 3.8) is 0 Å². The van der Waals surface area contributed by atoms with Crippen LogP contribution in [-0.2, 0) is 0 Å². The fraction of sp³-hybridized carbons (Fsp3) is 0.429. The predicted octanol–water partition coefficient (Wildman–Crippen LogP) is 3.61. The van der Waals surface area contributed by atoms with Crippen LogP contribution >= 0.6 is 15.9 Å². The van der Waals surface area contributed by atoms with Crippen molar-refractivity contribution in [3.8, 4) is 28.7 Å². The minimum atomic E-state index is 0.0323. The Kier molecular flexibility index (Phi) is 5.06. The zero-order valence-electron chi connectivity index (χ0n) is 12.3. The molecular formula is C14H17BrN2O4. The van der Waals surface area contributed by atoms with E-state index < -0.39 is 0 Å². The summed E-state index contributed by atoms with van der Waals surface area (Å²) in [4.78, 5) is 0.0323. The Bertz CT molecular complexity index is 615. The average molecular weight is 357 g/mol. The maximum atomic E-state index is 5.69. The summed E-state index contributed by atoms with van der Waals surface area (Å²) in [6.07, 6.45) is 0.852. The van der Waals surface area contributed by atoms with E-state index in [4.69, 9.17) is 18.6 Å². The van der Waals surface area contributed by atoms with Gasteiger partial charge in [0, 0.05) is 12.1 Å². The molecule has 0 aliphatic rings. The molecule has 1 heterocycles. The molecule has 0 saturated carbocycles. The molecule has 1 aromatic carbocycles. The van der Waals surface area contributed by atoms with E-state index in [1.54, 1.807) is 33.5 Å². The molecule has 0 aliphatic heterocycles. The van der Waals surface area contributed by atoms with Crippen molar-refractivity contribution in [2.24, 2.45) is 0 Å². The van der Waals surface area contributed by atoms with Gasteiger partial charge in [-0.3, -0.25) is 0 Å². The number of methoxy groups -OCH3 is 3. The van der Waals surface area contributed by atoms with Gasteiger partial charge in [-0.15, -0.1) is 10.2 Å². The quantitative estimate of drug-likeness (QED) is 0.736. The Labute approximate surface area is 131 Å². The largest absolute Gasteiger partial charge is 0.496 e. The van der Waals surface area contributed by atoms with Crippen molar-refractivity contribution < 1.29 is 18.6 Å². The minimum absolute atomic E-state index is 0.0323. The first-order valence-corrected chi connectivity index (χ1v) is 7.34. The van der Waals surface area contributed by atoms with E-state index >= 15 is 0 Å². The van der Waals surface area contributed by atoms with Crippen molar-refractivity contribution in [2.45, 2.75) is 18.2 Å². The fourth-order valence-corrected chi connectivity index (χ4v) is 2.03. The smallest absolute Gasteiger partial charge is 0.251 e. The third kappa shape index (κ3) is 3.12. The van der Waals surface area contributed by atoms with E-state index in [2.05, 4.69) is 26.1 Å². The van der Waals surface area contributed by atoms with E-state index in [9.17, 15) is 0 Å². The second-order valence-electron chi connectivity index (χ2n) is 4.23. The van der Waals surface area contributed by atoms with Gasteiger partial charge in [0.2, 0.25) is 5.89 Å². The van der Waals surface area contributed by atoms with E-state index in [0.29, 0.717) is 34.6 Å². The number of hydrogen-bond acceptors (Lipinski definition) is 6. The standard InChI is InChI=1S/C14H17BrN2O4/c1-5-9(15)14-17-16-13(21-14)8-6-11(19-3)12(20-4)7-10(8)18-2/h6-7,9H,5H2,1-4H3. The topological polar surface area (TPSA) is 66.6 Å². The molecule has 0 amide bonds. The number of aromatic nitrogens is 2. The molecule has 1 atom stereocenters. The maximum Gasteiger partial charge on any atom is 0.251 e. The summed E-state index contributed by atoms with van der Waals surface area (Å²) < 4.78 is 21.6. The Morgan fingerprint density at radius 1 is 1.05 bits per heavy atom. The van der Waals surface area contributed by atoms with Gasteiger partial charge in [-0.2, -0.15) is 0 Å². The monoisotopic (exact) mass is 356 g/mol. The second kappa shape index (κ2) is 6.80. The summed E-state index contributed by atoms with van der Waals surface area (Å²) in [7, 11) is 4.71. The molecule has 1 unspecified atom stereocenters. The van der Waals surface area contributed by atoms with Gasteiger partial charge in [-0.25, -0.2) is 0 Å². The molecule has 6 nitrogen and oxygen atoms in total. The number of ether oxygens (including phenoxy) is 3. The van der Waals surface area contributed by atoms with Crippen LogP contribution in [0, 0.1) is 0 Å². The van der Waals surface area contributed by atoms with Crippen molar-refractivity contribution in [2.75, 3.05) is 21.3 Å². The van der Waals surface area contributed by atoms with Gasteiger partial charge in [-0.05, 0) is 6.42 Å². The Morgan fingerprint density at radius 3 is 2.24 bits per heavy atom. The zero-order chi connectivity index (χ0) is 15.4. The normalized spacial score (nSPS) is 12.0. The highest BCUT2D eigenvalue weighted by Crippen LogP contribution is 2.40. The first-order valence-electron chi connectivity index (χ1n) is 6.42. The van der Waals surface area contributed by atoms with Crippen LogP contribution in [0.5, 0.6) is 17.2 Å². The second-order valence-corrected chi connectivity index (χ2v) is 5.33. The number of hydrogen-bond donors (Lipinski definition) is 0. The van der Waals surface area contributed by atoms with Gasteiger partial charge >= 0.3 is 0 Å². The fourth-order valence-electron chi connectivity index (χ4n) is 1.84. The highest BCUT2D eigenvalue weighted by Gasteiger charge is 2.20. The van der Waals surface area contributed by atoms with Gasteiger partial charge in [-0.1, -0.05) is 22.9 Å². The van der Waals surface area contributed by atoms with E-state index in [0.717, 1.165) is 6.42 Å². The van der Waals surface area contributed by atoms with Crippen LogP contribution in [0.2, 0.25) is 0 Å². The molecule has 114 valence electrons. The van der Waals surface area contributed by atoms with Crippen molar-refractivity contribution in [1.82, 2.24) is 10.2 Å². The summed E-state index contributed by atoms with van der Waals surface area (Å²) in [6, 6.07) is 3.48. The first kappa shape index (κ1) is 15.6. The molecule has 7 heteroatoms. The summed E-state index contributed by atoms with van der Waals surface area (Å²) in [6.45, 7) is 2.03. The number of nitrogens with zero attached hydrogens (tertiary/aromatic N) is 2. The van der Waals surface area contributed by atoms with Gasteiger partial charge in [0.25, 0.3) is 5.89 Å². The van der Waals surface area contributed by atoms with Crippen LogP contribution in [0.15, 0.2) is 16.5 Å². The Balaban J connectivity index is 2.49. The van der Waals surface area contributed by atoms with Gasteiger partial charge in [0.15, 0.2) is 11.5 Å². The van der Waals surface area contributed by atoms with Gasteiger partial charge in [0.05, 0.1) is 31.7 Å². The highest BCUT2D eigenvalue weighted by molar-refractivity contribution is 9.09. The van der Waals surface area contributed by atoms with Gasteiger partial charge in [0.1, 0.15) is 5.75 Å². The summed E-state index contributed by atoms with van der Waals surface area (Å²) in [5, 5.41) is 8.12. The number of halogens is 1. The molecular weight excluding hydrogens is 340 g/mol.